The molecule has 116 valence electrons. The Balaban J connectivity index is 1.60. The van der Waals surface area contributed by atoms with Crippen LogP contribution in [-0.4, -0.2) is 12.6 Å². The highest BCUT2D eigenvalue weighted by Gasteiger charge is 2.23. The van der Waals surface area contributed by atoms with Gasteiger partial charge in [0.2, 0.25) is 0 Å². The van der Waals surface area contributed by atoms with E-state index in [0.717, 1.165) is 24.7 Å². The van der Waals surface area contributed by atoms with Crippen LogP contribution in [0.2, 0.25) is 0 Å². The van der Waals surface area contributed by atoms with E-state index in [0.29, 0.717) is 29.5 Å². The summed E-state index contributed by atoms with van der Waals surface area (Å²) in [7, 11) is 0. The van der Waals surface area contributed by atoms with Gasteiger partial charge >= 0.3 is 0 Å². The van der Waals surface area contributed by atoms with E-state index in [-0.39, 0.29) is 19.0 Å². The van der Waals surface area contributed by atoms with E-state index in [9.17, 15) is 9.59 Å². The predicted molar refractivity (Wildman–Crippen MR) is 77.9 cm³/mol. The molecule has 1 saturated carbocycles. The summed E-state index contributed by atoms with van der Waals surface area (Å²) >= 11 is 0. The first-order valence-corrected chi connectivity index (χ1v) is 7.49. The van der Waals surface area contributed by atoms with Gasteiger partial charge in [-0.15, -0.1) is 0 Å². The van der Waals surface area contributed by atoms with Gasteiger partial charge < -0.3 is 13.6 Å². The summed E-state index contributed by atoms with van der Waals surface area (Å²) in [4.78, 5) is 21.7. The fourth-order valence-corrected chi connectivity index (χ4v) is 2.98. The molecule has 0 spiro atoms. The molecule has 2 aromatic heterocycles. The van der Waals surface area contributed by atoms with Crippen molar-refractivity contribution in [1.29, 1.82) is 0 Å². The Labute approximate surface area is 128 Å². The lowest BCUT2D eigenvalue weighted by atomic mass is 9.98. The molecule has 3 rings (SSSR count). The average Bonchev–Trinajstić information content (AvgIpc) is 3.27. The Hall–Kier alpha value is -2.14. The maximum Gasteiger partial charge on any atom is 0.185 e. The highest BCUT2D eigenvalue weighted by molar-refractivity contribution is 5.73. The van der Waals surface area contributed by atoms with Crippen molar-refractivity contribution in [2.75, 3.05) is 0 Å². The number of hydrogen-bond donors (Lipinski definition) is 0. The van der Waals surface area contributed by atoms with E-state index < -0.39 is 0 Å². The molecule has 0 radical (unpaired) electrons. The second kappa shape index (κ2) is 6.75. The summed E-state index contributed by atoms with van der Waals surface area (Å²) in [6, 6.07) is 5.23. The average molecular weight is 302 g/mol. The monoisotopic (exact) mass is 302 g/mol. The molecule has 5 heteroatoms. The number of ether oxygens (including phenoxy) is 1. The molecule has 0 N–H and O–H groups in total. The number of aldehydes is 2. The fourth-order valence-electron chi connectivity index (χ4n) is 2.98. The van der Waals surface area contributed by atoms with Crippen LogP contribution in [0.15, 0.2) is 27.0 Å². The van der Waals surface area contributed by atoms with Gasteiger partial charge in [-0.1, -0.05) is 12.8 Å². The van der Waals surface area contributed by atoms with Crippen LogP contribution >= 0.6 is 0 Å². The van der Waals surface area contributed by atoms with E-state index in [1.807, 2.05) is 6.07 Å². The standard InChI is InChI=1S/C17H18O5/c18-8-13-5-6-14(21-13)10-20-11-15-7-16(17(9-19)22-15)12-3-1-2-4-12/h5-9,12H,1-4,10-11H2. The third-order valence-electron chi connectivity index (χ3n) is 4.03. The highest BCUT2D eigenvalue weighted by atomic mass is 16.5. The van der Waals surface area contributed by atoms with Gasteiger partial charge in [0, 0.05) is 5.56 Å². The van der Waals surface area contributed by atoms with Crippen molar-refractivity contribution < 1.29 is 23.2 Å². The van der Waals surface area contributed by atoms with Crippen LogP contribution < -0.4 is 0 Å². The third kappa shape index (κ3) is 3.20. The molecule has 1 fully saturated rings. The van der Waals surface area contributed by atoms with Gasteiger partial charge in [0.15, 0.2) is 24.1 Å². The highest BCUT2D eigenvalue weighted by Crippen LogP contribution is 2.36. The van der Waals surface area contributed by atoms with Gasteiger partial charge in [-0.25, -0.2) is 0 Å². The quantitative estimate of drug-likeness (QED) is 0.726. The van der Waals surface area contributed by atoms with Crippen LogP contribution in [0.25, 0.3) is 0 Å². The lowest BCUT2D eigenvalue weighted by Gasteiger charge is -2.05. The maximum atomic E-state index is 11.1. The second-order valence-corrected chi connectivity index (χ2v) is 5.55. The first-order chi connectivity index (χ1) is 10.8. The minimum atomic E-state index is 0.254. The first-order valence-electron chi connectivity index (χ1n) is 7.49. The van der Waals surface area contributed by atoms with Crippen LogP contribution in [-0.2, 0) is 18.0 Å². The molecule has 0 amide bonds. The molecule has 1 aliphatic carbocycles. The zero-order valence-corrected chi connectivity index (χ0v) is 12.2. The summed E-state index contributed by atoms with van der Waals surface area (Å²) in [5, 5.41) is 0. The zero-order chi connectivity index (χ0) is 15.4. The molecule has 5 nitrogen and oxygen atoms in total. The van der Waals surface area contributed by atoms with Crippen molar-refractivity contribution in [1.82, 2.24) is 0 Å². The molecule has 0 saturated heterocycles. The van der Waals surface area contributed by atoms with E-state index in [1.54, 1.807) is 12.1 Å². The van der Waals surface area contributed by atoms with Gasteiger partial charge in [-0.3, -0.25) is 9.59 Å². The minimum absolute atomic E-state index is 0.254. The molecule has 0 aromatic carbocycles. The van der Waals surface area contributed by atoms with E-state index in [2.05, 4.69) is 0 Å². The van der Waals surface area contributed by atoms with Crippen molar-refractivity contribution in [3.63, 3.8) is 0 Å². The maximum absolute atomic E-state index is 11.1. The normalized spacial score (nSPS) is 15.3. The van der Waals surface area contributed by atoms with Gasteiger partial charge in [-0.05, 0) is 37.0 Å². The molecular weight excluding hydrogens is 284 g/mol. The van der Waals surface area contributed by atoms with Crippen LogP contribution in [0.4, 0.5) is 0 Å². The van der Waals surface area contributed by atoms with Crippen LogP contribution in [0.3, 0.4) is 0 Å². The number of hydrogen-bond acceptors (Lipinski definition) is 5. The Kier molecular flexibility index (Phi) is 4.53. The molecule has 0 atom stereocenters. The lowest BCUT2D eigenvalue weighted by Crippen LogP contribution is -1.94. The summed E-state index contributed by atoms with van der Waals surface area (Å²) in [5.41, 5.74) is 1.01. The Morgan fingerprint density at radius 2 is 1.82 bits per heavy atom. The Morgan fingerprint density at radius 3 is 2.50 bits per heavy atom. The topological polar surface area (TPSA) is 69.7 Å². The smallest absolute Gasteiger partial charge is 0.185 e. The van der Waals surface area contributed by atoms with Gasteiger partial charge in [-0.2, -0.15) is 0 Å². The van der Waals surface area contributed by atoms with Crippen molar-refractivity contribution in [2.24, 2.45) is 0 Å². The molecule has 2 aromatic rings. The second-order valence-electron chi connectivity index (χ2n) is 5.55. The van der Waals surface area contributed by atoms with Gasteiger partial charge in [0.25, 0.3) is 0 Å². The summed E-state index contributed by atoms with van der Waals surface area (Å²) < 4.78 is 16.3. The molecule has 1 aliphatic rings. The number of carbonyl (C=O) groups excluding carboxylic acids is 2. The largest absolute Gasteiger partial charge is 0.456 e. The van der Waals surface area contributed by atoms with Crippen molar-refractivity contribution in [3.8, 4) is 0 Å². The van der Waals surface area contributed by atoms with Crippen LogP contribution in [0, 0.1) is 0 Å². The summed E-state index contributed by atoms with van der Waals surface area (Å²) in [6.07, 6.45) is 6.07. The number of carbonyl (C=O) groups is 2. The van der Waals surface area contributed by atoms with Crippen molar-refractivity contribution in [3.05, 3.63) is 46.8 Å². The molecule has 22 heavy (non-hydrogen) atoms. The zero-order valence-electron chi connectivity index (χ0n) is 12.2. The molecular formula is C17H18O5. The SMILES string of the molecule is O=Cc1ccc(COCc2cc(C3CCCC3)c(C=O)o2)o1. The molecule has 2 heterocycles. The summed E-state index contributed by atoms with van der Waals surface area (Å²) in [5.74, 6) is 2.36. The number of furan rings is 2. The summed E-state index contributed by atoms with van der Waals surface area (Å²) in [6.45, 7) is 0.522. The first kappa shape index (κ1) is 14.8. The molecule has 0 aliphatic heterocycles. The lowest BCUT2D eigenvalue weighted by molar-refractivity contribution is 0.0780. The van der Waals surface area contributed by atoms with Crippen molar-refractivity contribution in [2.45, 2.75) is 44.8 Å². The van der Waals surface area contributed by atoms with E-state index >= 15 is 0 Å². The van der Waals surface area contributed by atoms with Crippen LogP contribution in [0.5, 0.6) is 0 Å². The fraction of sp³-hybridized carbons (Fsp3) is 0.412. The van der Waals surface area contributed by atoms with E-state index in [4.69, 9.17) is 13.6 Å². The number of rotatable bonds is 7. The van der Waals surface area contributed by atoms with Gasteiger partial charge in [0.1, 0.15) is 24.7 Å². The van der Waals surface area contributed by atoms with Crippen molar-refractivity contribution >= 4 is 12.6 Å². The molecule has 0 bridgehead atoms. The van der Waals surface area contributed by atoms with Crippen LogP contribution in [0.1, 0.15) is 69.8 Å². The minimum Gasteiger partial charge on any atom is -0.456 e. The van der Waals surface area contributed by atoms with E-state index in [1.165, 1.54) is 12.8 Å². The third-order valence-corrected chi connectivity index (χ3v) is 4.03. The van der Waals surface area contributed by atoms with Gasteiger partial charge in [0.05, 0.1) is 0 Å². The Bertz CT molecular complexity index is 646. The predicted octanol–water partition coefficient (Wildman–Crippen LogP) is 3.87. The molecule has 0 unspecified atom stereocenters. The Morgan fingerprint density at radius 1 is 1.05 bits per heavy atom.